The number of allylic oxidation sites excluding steroid dienone is 4. The van der Waals surface area contributed by atoms with Gasteiger partial charge in [0.25, 0.3) is 5.91 Å². The van der Waals surface area contributed by atoms with Crippen LogP contribution in [0.3, 0.4) is 0 Å². The second-order valence-electron chi connectivity index (χ2n) is 8.11. The molecule has 1 amide bonds. The molecule has 12 heteroatoms. The summed E-state index contributed by atoms with van der Waals surface area (Å²) < 4.78 is 68.5. The van der Waals surface area contributed by atoms with Gasteiger partial charge in [-0.1, -0.05) is 29.8 Å². The number of halogens is 4. The number of nitrogens with two attached hydrogens (primary N) is 1. The lowest BCUT2D eigenvalue weighted by atomic mass is 10.0. The number of rotatable bonds is 6. The first-order chi connectivity index (χ1) is 15.9. The Kier molecular flexibility index (Phi) is 4.94. The highest BCUT2D eigenvalue weighted by Crippen LogP contribution is 2.49. The van der Waals surface area contributed by atoms with Crippen LogP contribution in [0.15, 0.2) is 59.7 Å². The molecule has 0 saturated heterocycles. The van der Waals surface area contributed by atoms with Crippen molar-refractivity contribution in [3.8, 4) is 11.3 Å². The number of primary amides is 1. The predicted molar refractivity (Wildman–Crippen MR) is 120 cm³/mol. The van der Waals surface area contributed by atoms with E-state index in [0.717, 1.165) is 0 Å². The Morgan fingerprint density at radius 1 is 1.21 bits per heavy atom. The van der Waals surface area contributed by atoms with Crippen molar-refractivity contribution in [3.05, 3.63) is 65.3 Å². The minimum Gasteiger partial charge on any atom is -0.366 e. The number of alkyl halides is 3. The standard InChI is InChI=1S/C22H16ClF3N4O3S/c23-13-10-16-17(19(27)31)18(30(14-2-1-3-14)20(16)28-11-13)12-4-6-15(7-5-12)34(32,33)29-21(8-9-21)22(24,25)26/h1-7,10-11,29H,8-9H2,(H2,27,31). The number of carbonyl (C=O) groups is 1. The molecule has 7 nitrogen and oxygen atoms in total. The maximum atomic E-state index is 13.2. The normalized spacial score (nSPS) is 16.9. The Morgan fingerprint density at radius 3 is 2.35 bits per heavy atom. The van der Waals surface area contributed by atoms with Crippen LogP contribution in [0.2, 0.25) is 5.02 Å². The van der Waals surface area contributed by atoms with Crippen LogP contribution in [0.25, 0.3) is 28.0 Å². The summed E-state index contributed by atoms with van der Waals surface area (Å²) in [5.41, 5.74) is 5.30. The highest BCUT2D eigenvalue weighted by Gasteiger charge is 2.65. The predicted octanol–water partition coefficient (Wildman–Crippen LogP) is 4.24. The Labute approximate surface area is 196 Å². The van der Waals surface area contributed by atoms with E-state index < -0.39 is 27.6 Å². The van der Waals surface area contributed by atoms with Crippen LogP contribution in [0.4, 0.5) is 13.2 Å². The second kappa shape index (κ2) is 7.42. The molecule has 3 aromatic rings. The van der Waals surface area contributed by atoms with Gasteiger partial charge in [-0.3, -0.25) is 9.36 Å². The fourth-order valence-corrected chi connectivity index (χ4v) is 5.53. The molecule has 2 aliphatic carbocycles. The summed E-state index contributed by atoms with van der Waals surface area (Å²) in [4.78, 5) is 16.4. The molecular weight excluding hydrogens is 493 g/mol. The zero-order valence-corrected chi connectivity index (χ0v) is 18.8. The highest BCUT2D eigenvalue weighted by atomic mass is 35.5. The number of fused-ring (bicyclic) bond motifs is 1. The summed E-state index contributed by atoms with van der Waals surface area (Å²) >= 11 is 6.09. The molecule has 0 radical (unpaired) electrons. The number of sulfonamides is 1. The molecule has 34 heavy (non-hydrogen) atoms. The average Bonchev–Trinajstić information content (AvgIpc) is 3.42. The van der Waals surface area contributed by atoms with E-state index in [1.807, 2.05) is 0 Å². The van der Waals surface area contributed by atoms with Crippen LogP contribution in [-0.2, 0) is 10.0 Å². The first kappa shape index (κ1) is 22.6. The van der Waals surface area contributed by atoms with Gasteiger partial charge in [0.05, 0.1) is 21.2 Å². The average molecular weight is 509 g/mol. The molecule has 3 N–H and O–H groups in total. The monoisotopic (exact) mass is 508 g/mol. The van der Waals surface area contributed by atoms with Gasteiger partial charge < -0.3 is 5.73 Å². The van der Waals surface area contributed by atoms with E-state index >= 15 is 0 Å². The summed E-state index contributed by atoms with van der Waals surface area (Å²) in [6.45, 7) is 0. The number of hydrogen-bond donors (Lipinski definition) is 2. The van der Waals surface area contributed by atoms with Crippen LogP contribution in [0.5, 0.6) is 0 Å². The van der Waals surface area contributed by atoms with Crippen molar-refractivity contribution in [1.29, 1.82) is 0 Å². The number of benzene rings is 1. The van der Waals surface area contributed by atoms with Crippen molar-refractivity contribution < 1.29 is 26.4 Å². The third-order valence-corrected chi connectivity index (χ3v) is 7.63. The van der Waals surface area contributed by atoms with E-state index in [-0.39, 0.29) is 23.3 Å². The molecule has 0 bridgehead atoms. The number of amides is 1. The maximum absolute atomic E-state index is 13.2. The Morgan fingerprint density at radius 2 is 1.85 bits per heavy atom. The lowest BCUT2D eigenvalue weighted by Crippen LogP contribution is -2.47. The highest BCUT2D eigenvalue weighted by molar-refractivity contribution is 7.89. The van der Waals surface area contributed by atoms with Crippen molar-refractivity contribution in [3.63, 3.8) is 0 Å². The van der Waals surface area contributed by atoms with E-state index in [9.17, 15) is 26.4 Å². The number of hydrogen-bond acceptors (Lipinski definition) is 4. The third kappa shape index (κ3) is 3.51. The molecule has 2 aliphatic rings. The molecule has 1 aromatic carbocycles. The minimum absolute atomic E-state index is 0.133. The molecule has 0 unspecified atom stereocenters. The smallest absolute Gasteiger partial charge is 0.366 e. The zero-order valence-electron chi connectivity index (χ0n) is 17.2. The van der Waals surface area contributed by atoms with Gasteiger partial charge in [0.1, 0.15) is 11.2 Å². The van der Waals surface area contributed by atoms with E-state index in [1.165, 1.54) is 30.5 Å². The number of nitrogens with zero attached hydrogens (tertiary/aromatic N) is 2. The van der Waals surface area contributed by atoms with Gasteiger partial charge in [0, 0.05) is 17.3 Å². The molecule has 1 fully saturated rings. The van der Waals surface area contributed by atoms with E-state index in [1.54, 1.807) is 33.6 Å². The van der Waals surface area contributed by atoms with E-state index in [2.05, 4.69) is 4.98 Å². The summed E-state index contributed by atoms with van der Waals surface area (Å²) in [5.74, 6) is -0.745. The molecule has 1 saturated carbocycles. The summed E-state index contributed by atoms with van der Waals surface area (Å²) in [6.07, 6.45) is 1.49. The van der Waals surface area contributed by atoms with Crippen LogP contribution >= 0.6 is 11.6 Å². The fourth-order valence-electron chi connectivity index (χ4n) is 3.92. The van der Waals surface area contributed by atoms with Crippen molar-refractivity contribution in [2.24, 2.45) is 5.73 Å². The second-order valence-corrected chi connectivity index (χ2v) is 10.2. The van der Waals surface area contributed by atoms with Crippen LogP contribution < -0.4 is 10.5 Å². The van der Waals surface area contributed by atoms with Gasteiger partial charge in [0.15, 0.2) is 0 Å². The Bertz CT molecular complexity index is 1520. The maximum Gasteiger partial charge on any atom is 0.407 e. The fraction of sp³-hybridized carbons (Fsp3) is 0.182. The van der Waals surface area contributed by atoms with Crippen LogP contribution in [0.1, 0.15) is 23.2 Å². The molecule has 2 aromatic heterocycles. The van der Waals surface area contributed by atoms with Crippen molar-refractivity contribution in [2.45, 2.75) is 29.5 Å². The largest absolute Gasteiger partial charge is 0.407 e. The number of nitrogens with one attached hydrogen (secondary N) is 1. The Hall–Kier alpha value is -3.15. The Balaban J connectivity index is 1.62. The molecule has 0 spiro atoms. The third-order valence-electron chi connectivity index (χ3n) is 5.87. The lowest BCUT2D eigenvalue weighted by Gasteiger charge is -2.20. The minimum atomic E-state index is -4.68. The van der Waals surface area contributed by atoms with Crippen molar-refractivity contribution in [1.82, 2.24) is 14.3 Å². The van der Waals surface area contributed by atoms with Gasteiger partial charge in [-0.25, -0.2) is 13.4 Å². The van der Waals surface area contributed by atoms with Crippen LogP contribution in [0, 0.1) is 0 Å². The topological polar surface area (TPSA) is 107 Å². The van der Waals surface area contributed by atoms with Crippen LogP contribution in [-0.4, -0.2) is 35.6 Å². The zero-order chi connectivity index (χ0) is 24.5. The first-order valence-corrected chi connectivity index (χ1v) is 11.9. The summed E-state index contributed by atoms with van der Waals surface area (Å²) in [6, 6.07) is 6.74. The molecular formula is C22H16ClF3N4O3S. The number of aromatic nitrogens is 2. The SMILES string of the molecule is NC(=O)c1c(-c2ccc(S(=O)(=O)NC3(C(F)(F)F)CC3)cc2)n(C2=CC=C2)c2ncc(Cl)cc12. The first-order valence-electron chi connectivity index (χ1n) is 10.0. The number of pyridine rings is 1. The summed E-state index contributed by atoms with van der Waals surface area (Å²) in [5, 5.41) is 0.707. The molecule has 0 aliphatic heterocycles. The van der Waals surface area contributed by atoms with E-state index in [0.29, 0.717) is 33.0 Å². The summed E-state index contributed by atoms with van der Waals surface area (Å²) in [7, 11) is -4.43. The van der Waals surface area contributed by atoms with Crippen molar-refractivity contribution in [2.75, 3.05) is 0 Å². The van der Waals surface area contributed by atoms with Gasteiger partial charge >= 0.3 is 6.18 Å². The van der Waals surface area contributed by atoms with Gasteiger partial charge in [-0.2, -0.15) is 17.9 Å². The van der Waals surface area contributed by atoms with Crippen molar-refractivity contribution >= 4 is 44.3 Å². The quantitative estimate of drug-likeness (QED) is 0.519. The molecule has 176 valence electrons. The van der Waals surface area contributed by atoms with Gasteiger partial charge in [-0.05, 0) is 48.8 Å². The molecule has 5 rings (SSSR count). The van der Waals surface area contributed by atoms with Gasteiger partial charge in [0.2, 0.25) is 10.0 Å². The lowest BCUT2D eigenvalue weighted by molar-refractivity contribution is -0.160. The number of carbonyl (C=O) groups excluding carboxylic acids is 1. The van der Waals surface area contributed by atoms with Gasteiger partial charge in [-0.15, -0.1) is 0 Å². The molecule has 2 heterocycles. The molecule has 0 atom stereocenters. The van der Waals surface area contributed by atoms with E-state index in [4.69, 9.17) is 17.3 Å².